The number of anilines is 1. The summed E-state index contributed by atoms with van der Waals surface area (Å²) in [5.74, 6) is -1.25. The first-order valence-corrected chi connectivity index (χ1v) is 4.94. The minimum absolute atomic E-state index is 0.157. The summed E-state index contributed by atoms with van der Waals surface area (Å²) in [6, 6.07) is 6.83. The molecule has 3 nitrogen and oxygen atoms in total. The third-order valence-electron chi connectivity index (χ3n) is 2.21. The van der Waals surface area contributed by atoms with Crippen LogP contribution < -0.4 is 10.5 Å². The molecule has 0 saturated heterocycles. The summed E-state index contributed by atoms with van der Waals surface area (Å²) >= 11 is 0. The Balaban J connectivity index is 2.08. The molecule has 0 aliphatic rings. The van der Waals surface area contributed by atoms with Crippen LogP contribution in [0, 0.1) is 11.6 Å². The number of nitrogen functional groups attached to an aromatic ring is 1. The molecule has 2 aromatic rings. The highest BCUT2D eigenvalue weighted by Crippen LogP contribution is 2.17. The Hall–Kier alpha value is -2.17. The van der Waals surface area contributed by atoms with E-state index < -0.39 is 11.6 Å². The fraction of sp³-hybridized carbons (Fsp3) is 0.0833. The van der Waals surface area contributed by atoms with Crippen LogP contribution >= 0.6 is 0 Å². The van der Waals surface area contributed by atoms with Crippen LogP contribution in [0.15, 0.2) is 36.5 Å². The van der Waals surface area contributed by atoms with Crippen molar-refractivity contribution in [3.05, 3.63) is 53.7 Å². The van der Waals surface area contributed by atoms with Crippen molar-refractivity contribution in [1.29, 1.82) is 0 Å². The average molecular weight is 236 g/mol. The lowest BCUT2D eigenvalue weighted by Gasteiger charge is -2.07. The molecule has 1 heterocycles. The van der Waals surface area contributed by atoms with Crippen LogP contribution in [0.1, 0.15) is 5.56 Å². The van der Waals surface area contributed by atoms with E-state index in [9.17, 15) is 8.78 Å². The van der Waals surface area contributed by atoms with E-state index >= 15 is 0 Å². The van der Waals surface area contributed by atoms with Crippen molar-refractivity contribution in [2.75, 3.05) is 5.73 Å². The van der Waals surface area contributed by atoms with Crippen LogP contribution in [-0.4, -0.2) is 4.98 Å². The lowest BCUT2D eigenvalue weighted by atomic mass is 10.2. The number of halogens is 2. The molecule has 0 fully saturated rings. The number of benzene rings is 1. The van der Waals surface area contributed by atoms with Gasteiger partial charge >= 0.3 is 0 Å². The molecule has 0 unspecified atom stereocenters. The molecule has 1 aromatic carbocycles. The van der Waals surface area contributed by atoms with Gasteiger partial charge in [0.2, 0.25) is 0 Å². The minimum Gasteiger partial charge on any atom is -0.489 e. The maximum absolute atomic E-state index is 12.9. The largest absolute Gasteiger partial charge is 0.489 e. The first kappa shape index (κ1) is 11.3. The third kappa shape index (κ3) is 2.69. The van der Waals surface area contributed by atoms with Crippen molar-refractivity contribution in [3.63, 3.8) is 0 Å². The van der Waals surface area contributed by atoms with Crippen molar-refractivity contribution in [1.82, 2.24) is 4.98 Å². The lowest BCUT2D eigenvalue weighted by molar-refractivity contribution is 0.303. The normalized spacial score (nSPS) is 10.2. The summed E-state index contributed by atoms with van der Waals surface area (Å²) < 4.78 is 30.8. The van der Waals surface area contributed by atoms with E-state index in [1.807, 2.05) is 0 Å². The van der Waals surface area contributed by atoms with Gasteiger partial charge in [-0.05, 0) is 18.2 Å². The number of aromatic nitrogens is 1. The van der Waals surface area contributed by atoms with E-state index in [1.165, 1.54) is 6.07 Å². The minimum atomic E-state index is -0.943. The second-order valence-corrected chi connectivity index (χ2v) is 3.41. The number of hydrogen-bond acceptors (Lipinski definition) is 3. The number of nitrogens with zero attached hydrogens (tertiary/aromatic N) is 1. The summed E-state index contributed by atoms with van der Waals surface area (Å²) in [5.41, 5.74) is 6.31. The smallest absolute Gasteiger partial charge is 0.162 e. The second-order valence-electron chi connectivity index (χ2n) is 3.41. The molecule has 2 rings (SSSR count). The Morgan fingerprint density at radius 2 is 2.00 bits per heavy atom. The first-order valence-electron chi connectivity index (χ1n) is 4.94. The molecule has 5 heteroatoms. The van der Waals surface area contributed by atoms with E-state index in [0.717, 1.165) is 12.1 Å². The molecule has 0 saturated carbocycles. The van der Waals surface area contributed by atoms with Crippen molar-refractivity contribution < 1.29 is 13.5 Å². The molecular weight excluding hydrogens is 226 g/mol. The van der Waals surface area contributed by atoms with Crippen LogP contribution in [0.5, 0.6) is 5.75 Å². The van der Waals surface area contributed by atoms with Crippen molar-refractivity contribution >= 4 is 5.82 Å². The molecule has 0 amide bonds. The SMILES string of the molecule is Nc1ncccc1COc1ccc(F)c(F)c1. The molecule has 2 N–H and O–H groups in total. The van der Waals surface area contributed by atoms with Gasteiger partial charge in [-0.3, -0.25) is 0 Å². The molecule has 0 aliphatic heterocycles. The Labute approximate surface area is 96.9 Å². The number of nitrogens with two attached hydrogens (primary N) is 1. The number of ether oxygens (including phenoxy) is 1. The standard InChI is InChI=1S/C12H10F2N2O/c13-10-4-3-9(6-11(10)14)17-7-8-2-1-5-16-12(8)15/h1-6H,7H2,(H2,15,16). The lowest BCUT2D eigenvalue weighted by Crippen LogP contribution is -2.02. The molecule has 0 aliphatic carbocycles. The quantitative estimate of drug-likeness (QED) is 0.890. The van der Waals surface area contributed by atoms with Gasteiger partial charge in [0.25, 0.3) is 0 Å². The van der Waals surface area contributed by atoms with Gasteiger partial charge in [0, 0.05) is 17.8 Å². The second kappa shape index (κ2) is 4.78. The Bertz CT molecular complexity index is 532. The fourth-order valence-electron chi connectivity index (χ4n) is 1.30. The van der Waals surface area contributed by atoms with Crippen molar-refractivity contribution in [3.8, 4) is 5.75 Å². The van der Waals surface area contributed by atoms with Crippen molar-refractivity contribution in [2.24, 2.45) is 0 Å². The fourth-order valence-corrected chi connectivity index (χ4v) is 1.30. The summed E-state index contributed by atoms with van der Waals surface area (Å²) in [5, 5.41) is 0. The molecule has 88 valence electrons. The van der Waals surface area contributed by atoms with Gasteiger partial charge in [-0.1, -0.05) is 6.07 Å². The van der Waals surface area contributed by atoms with Crippen molar-refractivity contribution in [2.45, 2.75) is 6.61 Å². The Kier molecular flexibility index (Phi) is 3.18. The monoisotopic (exact) mass is 236 g/mol. The zero-order valence-corrected chi connectivity index (χ0v) is 8.86. The predicted molar refractivity (Wildman–Crippen MR) is 59.3 cm³/mol. The zero-order chi connectivity index (χ0) is 12.3. The molecule has 1 aromatic heterocycles. The topological polar surface area (TPSA) is 48.1 Å². The molecule has 0 atom stereocenters. The zero-order valence-electron chi connectivity index (χ0n) is 8.86. The highest BCUT2D eigenvalue weighted by molar-refractivity contribution is 5.38. The van der Waals surface area contributed by atoms with Crippen LogP contribution in [0.25, 0.3) is 0 Å². The number of pyridine rings is 1. The molecule has 0 bridgehead atoms. The van der Waals surface area contributed by atoms with E-state index in [0.29, 0.717) is 11.4 Å². The van der Waals surface area contributed by atoms with Gasteiger partial charge in [0.1, 0.15) is 18.2 Å². The van der Waals surface area contributed by atoms with E-state index in [-0.39, 0.29) is 12.4 Å². The first-order chi connectivity index (χ1) is 8.16. The van der Waals surface area contributed by atoms with Gasteiger partial charge in [0.15, 0.2) is 11.6 Å². The van der Waals surface area contributed by atoms with Gasteiger partial charge in [-0.2, -0.15) is 0 Å². The summed E-state index contributed by atoms with van der Waals surface area (Å²) in [7, 11) is 0. The third-order valence-corrected chi connectivity index (χ3v) is 2.21. The number of hydrogen-bond donors (Lipinski definition) is 1. The van der Waals surface area contributed by atoms with Gasteiger partial charge in [-0.15, -0.1) is 0 Å². The van der Waals surface area contributed by atoms with E-state index in [4.69, 9.17) is 10.5 Å². The van der Waals surface area contributed by atoms with Crippen LogP contribution in [-0.2, 0) is 6.61 Å². The van der Waals surface area contributed by atoms with Gasteiger partial charge in [0.05, 0.1) is 0 Å². The Morgan fingerprint density at radius 1 is 1.18 bits per heavy atom. The van der Waals surface area contributed by atoms with Crippen LogP contribution in [0.2, 0.25) is 0 Å². The predicted octanol–water partition coefficient (Wildman–Crippen LogP) is 2.52. The van der Waals surface area contributed by atoms with Crippen LogP contribution in [0.3, 0.4) is 0 Å². The summed E-state index contributed by atoms with van der Waals surface area (Å²) in [6.07, 6.45) is 1.57. The summed E-state index contributed by atoms with van der Waals surface area (Å²) in [4.78, 5) is 3.89. The van der Waals surface area contributed by atoms with Crippen LogP contribution in [0.4, 0.5) is 14.6 Å². The van der Waals surface area contributed by atoms with Gasteiger partial charge in [-0.25, -0.2) is 13.8 Å². The molecule has 0 radical (unpaired) electrons. The highest BCUT2D eigenvalue weighted by atomic mass is 19.2. The number of rotatable bonds is 3. The van der Waals surface area contributed by atoms with Gasteiger partial charge < -0.3 is 10.5 Å². The highest BCUT2D eigenvalue weighted by Gasteiger charge is 2.04. The maximum atomic E-state index is 12.9. The van der Waals surface area contributed by atoms with E-state index in [1.54, 1.807) is 18.3 Å². The molecule has 17 heavy (non-hydrogen) atoms. The molecular formula is C12H10F2N2O. The Morgan fingerprint density at radius 3 is 2.71 bits per heavy atom. The van der Waals surface area contributed by atoms with E-state index in [2.05, 4.69) is 4.98 Å². The summed E-state index contributed by atoms with van der Waals surface area (Å²) in [6.45, 7) is 0.157. The molecule has 0 spiro atoms. The maximum Gasteiger partial charge on any atom is 0.162 e. The average Bonchev–Trinajstić information content (AvgIpc) is 2.32.